The molecule has 0 bridgehead atoms. The number of rotatable bonds is 5. The molecule has 0 unspecified atom stereocenters. The van der Waals surface area contributed by atoms with E-state index in [0.29, 0.717) is 11.6 Å². The van der Waals surface area contributed by atoms with Crippen molar-refractivity contribution in [3.05, 3.63) is 64.7 Å². The molecule has 0 saturated carbocycles. The summed E-state index contributed by atoms with van der Waals surface area (Å²) in [6.45, 7) is 7.40. The van der Waals surface area contributed by atoms with Crippen molar-refractivity contribution in [2.24, 2.45) is 0 Å². The molecule has 2 N–H and O–H groups in total. The Morgan fingerprint density at radius 2 is 1.61 bits per heavy atom. The fraction of sp³-hybridized carbons (Fsp3) is 0.316. The Morgan fingerprint density at radius 3 is 2.17 bits per heavy atom. The summed E-state index contributed by atoms with van der Waals surface area (Å²) >= 11 is 5.84. The molecular weight excluding hydrogens is 308 g/mol. The van der Waals surface area contributed by atoms with Crippen LogP contribution in [0, 0.1) is 0 Å². The van der Waals surface area contributed by atoms with Crippen LogP contribution in [0.15, 0.2) is 48.5 Å². The van der Waals surface area contributed by atoms with E-state index in [1.165, 1.54) is 5.56 Å². The second-order valence-electron chi connectivity index (χ2n) is 6.61. The van der Waals surface area contributed by atoms with Crippen LogP contribution in [-0.2, 0) is 16.8 Å². The van der Waals surface area contributed by atoms with Crippen LogP contribution in [-0.4, -0.2) is 12.5 Å². The maximum absolute atomic E-state index is 11.9. The number of hydrogen-bond donors (Lipinski definition) is 2. The number of halogens is 1. The number of hydrogen-bond acceptors (Lipinski definition) is 2. The third-order valence-electron chi connectivity index (χ3n) is 3.56. The monoisotopic (exact) mass is 330 g/mol. The molecule has 0 atom stereocenters. The molecule has 2 aromatic rings. The van der Waals surface area contributed by atoms with E-state index in [4.69, 9.17) is 11.6 Å². The number of carbonyl (C=O) groups is 1. The van der Waals surface area contributed by atoms with Gasteiger partial charge < -0.3 is 10.6 Å². The molecule has 0 aliphatic carbocycles. The van der Waals surface area contributed by atoms with Gasteiger partial charge in [-0.15, -0.1) is 0 Å². The van der Waals surface area contributed by atoms with Crippen LogP contribution >= 0.6 is 11.6 Å². The van der Waals surface area contributed by atoms with Gasteiger partial charge in [0.1, 0.15) is 0 Å². The molecule has 23 heavy (non-hydrogen) atoms. The third kappa shape index (κ3) is 5.70. The van der Waals surface area contributed by atoms with E-state index in [-0.39, 0.29) is 17.9 Å². The number of carbonyl (C=O) groups excluding carboxylic acids is 1. The van der Waals surface area contributed by atoms with Crippen molar-refractivity contribution in [3.63, 3.8) is 0 Å². The molecule has 0 saturated heterocycles. The Kier molecular flexibility index (Phi) is 5.80. The summed E-state index contributed by atoms with van der Waals surface area (Å²) in [5.74, 6) is -0.0533. The minimum Gasteiger partial charge on any atom is -0.325 e. The summed E-state index contributed by atoms with van der Waals surface area (Å²) in [5.41, 5.74) is 3.27. The van der Waals surface area contributed by atoms with Gasteiger partial charge in [0.15, 0.2) is 0 Å². The normalized spacial score (nSPS) is 11.3. The van der Waals surface area contributed by atoms with Crippen molar-refractivity contribution < 1.29 is 4.79 Å². The number of benzene rings is 2. The highest BCUT2D eigenvalue weighted by molar-refractivity contribution is 6.30. The van der Waals surface area contributed by atoms with Crippen molar-refractivity contribution in [1.82, 2.24) is 5.32 Å². The molecule has 0 fully saturated rings. The van der Waals surface area contributed by atoms with E-state index in [9.17, 15) is 4.79 Å². The molecule has 0 aromatic heterocycles. The quantitative estimate of drug-likeness (QED) is 0.855. The van der Waals surface area contributed by atoms with Crippen molar-refractivity contribution in [1.29, 1.82) is 0 Å². The average molecular weight is 331 g/mol. The van der Waals surface area contributed by atoms with Gasteiger partial charge in [-0.2, -0.15) is 0 Å². The molecular formula is C19H23ClN2O. The van der Waals surface area contributed by atoms with Crippen LogP contribution in [0.2, 0.25) is 5.02 Å². The first-order valence-electron chi connectivity index (χ1n) is 7.70. The molecule has 2 aromatic carbocycles. The predicted molar refractivity (Wildman–Crippen MR) is 96.9 cm³/mol. The number of nitrogens with one attached hydrogen (secondary N) is 2. The largest absolute Gasteiger partial charge is 0.325 e. The zero-order chi connectivity index (χ0) is 16.9. The molecule has 0 aliphatic rings. The van der Waals surface area contributed by atoms with Crippen molar-refractivity contribution in [3.8, 4) is 0 Å². The Labute approximate surface area is 143 Å². The van der Waals surface area contributed by atoms with E-state index in [0.717, 1.165) is 11.3 Å². The third-order valence-corrected chi connectivity index (χ3v) is 3.81. The lowest BCUT2D eigenvalue weighted by atomic mass is 9.87. The molecule has 0 aliphatic heterocycles. The SMILES string of the molecule is CC(C)(C)c1ccc(NC(=O)CNCc2ccc(Cl)cc2)cc1. The predicted octanol–water partition coefficient (Wildman–Crippen LogP) is 4.37. The van der Waals surface area contributed by atoms with Gasteiger partial charge in [0.25, 0.3) is 0 Å². The lowest BCUT2D eigenvalue weighted by molar-refractivity contribution is -0.115. The van der Waals surface area contributed by atoms with E-state index >= 15 is 0 Å². The summed E-state index contributed by atoms with van der Waals surface area (Å²) in [5, 5.41) is 6.73. The van der Waals surface area contributed by atoms with Crippen molar-refractivity contribution in [2.75, 3.05) is 11.9 Å². The smallest absolute Gasteiger partial charge is 0.238 e. The molecule has 4 heteroatoms. The first kappa shape index (κ1) is 17.5. The van der Waals surface area contributed by atoms with Crippen molar-refractivity contribution >= 4 is 23.2 Å². The molecule has 1 amide bonds. The lowest BCUT2D eigenvalue weighted by Crippen LogP contribution is -2.27. The van der Waals surface area contributed by atoms with E-state index in [1.807, 2.05) is 36.4 Å². The fourth-order valence-electron chi connectivity index (χ4n) is 2.18. The maximum atomic E-state index is 11.9. The van der Waals surface area contributed by atoms with Crippen LogP contribution in [0.3, 0.4) is 0 Å². The van der Waals surface area contributed by atoms with Gasteiger partial charge in [-0.05, 0) is 40.8 Å². The molecule has 0 heterocycles. The standard InChI is InChI=1S/C19H23ClN2O/c1-19(2,3)15-6-10-17(11-7-15)22-18(23)13-21-12-14-4-8-16(20)9-5-14/h4-11,21H,12-13H2,1-3H3,(H,22,23). The topological polar surface area (TPSA) is 41.1 Å². The Balaban J connectivity index is 1.79. The van der Waals surface area contributed by atoms with Gasteiger partial charge in [0.05, 0.1) is 6.54 Å². The van der Waals surface area contributed by atoms with Gasteiger partial charge in [-0.25, -0.2) is 0 Å². The maximum Gasteiger partial charge on any atom is 0.238 e. The highest BCUT2D eigenvalue weighted by atomic mass is 35.5. The first-order chi connectivity index (χ1) is 10.8. The first-order valence-corrected chi connectivity index (χ1v) is 8.08. The summed E-state index contributed by atoms with van der Waals surface area (Å²) in [4.78, 5) is 11.9. The molecule has 3 nitrogen and oxygen atoms in total. The van der Waals surface area contributed by atoms with Gasteiger partial charge in [0, 0.05) is 17.3 Å². The Morgan fingerprint density at radius 1 is 1.00 bits per heavy atom. The summed E-state index contributed by atoms with van der Waals surface area (Å²) in [7, 11) is 0. The second kappa shape index (κ2) is 7.62. The van der Waals surface area contributed by atoms with Gasteiger partial charge in [-0.1, -0.05) is 56.6 Å². The highest BCUT2D eigenvalue weighted by Gasteiger charge is 2.13. The molecule has 0 radical (unpaired) electrons. The molecule has 122 valence electrons. The van der Waals surface area contributed by atoms with Crippen LogP contribution in [0.5, 0.6) is 0 Å². The van der Waals surface area contributed by atoms with Crippen LogP contribution < -0.4 is 10.6 Å². The summed E-state index contributed by atoms with van der Waals surface area (Å²) in [6, 6.07) is 15.6. The number of anilines is 1. The van der Waals surface area contributed by atoms with E-state index < -0.39 is 0 Å². The zero-order valence-corrected chi connectivity index (χ0v) is 14.6. The van der Waals surface area contributed by atoms with Crippen LogP contribution in [0.1, 0.15) is 31.9 Å². The van der Waals surface area contributed by atoms with Crippen LogP contribution in [0.4, 0.5) is 5.69 Å². The zero-order valence-electron chi connectivity index (χ0n) is 13.8. The Hall–Kier alpha value is -1.84. The second-order valence-corrected chi connectivity index (χ2v) is 7.04. The van der Waals surface area contributed by atoms with Gasteiger partial charge in [0.2, 0.25) is 5.91 Å². The lowest BCUT2D eigenvalue weighted by Gasteiger charge is -2.19. The molecule has 0 spiro atoms. The van der Waals surface area contributed by atoms with Gasteiger partial charge >= 0.3 is 0 Å². The van der Waals surface area contributed by atoms with Gasteiger partial charge in [-0.3, -0.25) is 4.79 Å². The van der Waals surface area contributed by atoms with Crippen LogP contribution in [0.25, 0.3) is 0 Å². The van der Waals surface area contributed by atoms with E-state index in [1.54, 1.807) is 0 Å². The minimum absolute atomic E-state index is 0.0533. The Bertz CT molecular complexity index is 643. The minimum atomic E-state index is -0.0533. The summed E-state index contributed by atoms with van der Waals surface area (Å²) in [6.07, 6.45) is 0. The highest BCUT2D eigenvalue weighted by Crippen LogP contribution is 2.23. The fourth-order valence-corrected chi connectivity index (χ4v) is 2.31. The average Bonchev–Trinajstić information content (AvgIpc) is 2.49. The number of amides is 1. The van der Waals surface area contributed by atoms with E-state index in [2.05, 4.69) is 43.5 Å². The molecule has 2 rings (SSSR count). The van der Waals surface area contributed by atoms with Crippen molar-refractivity contribution in [2.45, 2.75) is 32.7 Å². The summed E-state index contributed by atoms with van der Waals surface area (Å²) < 4.78 is 0.